The van der Waals surface area contributed by atoms with Gasteiger partial charge in [0.15, 0.2) is 0 Å². The second-order valence-electron chi connectivity index (χ2n) is 5.31. The highest BCUT2D eigenvalue weighted by Crippen LogP contribution is 2.25. The number of halogens is 2. The molecule has 0 radical (unpaired) electrons. The Labute approximate surface area is 155 Å². The lowest BCUT2D eigenvalue weighted by Gasteiger charge is -2.06. The molecule has 6 nitrogen and oxygen atoms in total. The first-order valence-corrected chi connectivity index (χ1v) is 9.70. The Kier molecular flexibility index (Phi) is 5.27. The summed E-state index contributed by atoms with van der Waals surface area (Å²) in [5.41, 5.74) is 1.37. The fourth-order valence-corrected chi connectivity index (χ4v) is 3.82. The van der Waals surface area contributed by atoms with Gasteiger partial charge in [0.05, 0.1) is 12.3 Å². The molecule has 25 heavy (non-hydrogen) atoms. The Balaban J connectivity index is 1.71. The van der Waals surface area contributed by atoms with E-state index in [2.05, 4.69) is 14.8 Å². The van der Waals surface area contributed by atoms with E-state index in [0.717, 1.165) is 0 Å². The summed E-state index contributed by atoms with van der Waals surface area (Å²) in [6.45, 7) is 0.284. The molecule has 0 atom stereocenters. The molecule has 0 fully saturated rings. The Hall–Kier alpha value is -2.09. The minimum absolute atomic E-state index is 0.000827. The summed E-state index contributed by atoms with van der Waals surface area (Å²) in [4.78, 5) is 3.97. The van der Waals surface area contributed by atoms with Crippen LogP contribution in [-0.4, -0.2) is 23.2 Å². The second-order valence-corrected chi connectivity index (χ2v) is 7.85. The summed E-state index contributed by atoms with van der Waals surface area (Å²) in [5, 5.41) is 5.13. The average Bonchev–Trinajstić information content (AvgIpc) is 2.98. The first kappa shape index (κ1) is 17.7. The van der Waals surface area contributed by atoms with Crippen LogP contribution in [0.25, 0.3) is 0 Å². The van der Waals surface area contributed by atoms with Crippen LogP contribution in [0.15, 0.2) is 54.9 Å². The molecule has 0 spiro atoms. The first-order valence-electron chi connectivity index (χ1n) is 7.30. The number of benzene rings is 2. The van der Waals surface area contributed by atoms with Gasteiger partial charge in [-0.3, -0.25) is 0 Å². The summed E-state index contributed by atoms with van der Waals surface area (Å²) in [6.07, 6.45) is 1.42. The third-order valence-electron chi connectivity index (χ3n) is 3.36. The second kappa shape index (κ2) is 7.43. The highest BCUT2D eigenvalue weighted by atomic mass is 35.5. The quantitative estimate of drug-likeness (QED) is 0.690. The molecule has 3 aromatic rings. The van der Waals surface area contributed by atoms with E-state index in [9.17, 15) is 8.42 Å². The minimum Gasteiger partial charge on any atom is -0.250 e. The number of nitrogens with one attached hydrogen (secondary N) is 1. The lowest BCUT2D eigenvalue weighted by Crippen LogP contribution is -2.16. The van der Waals surface area contributed by atoms with E-state index < -0.39 is 10.0 Å². The van der Waals surface area contributed by atoms with Gasteiger partial charge in [0, 0.05) is 15.6 Å². The monoisotopic (exact) mass is 396 g/mol. The Bertz CT molecular complexity index is 955. The number of rotatable bonds is 6. The molecule has 0 saturated heterocycles. The molecule has 0 aliphatic heterocycles. The standard InChI is InChI=1S/C16H14Cl2N4O2S/c17-14-7-4-8-15(18)13(14)9-22-11-19-16(20-22)21-25(23,24)10-12-5-2-1-3-6-12/h1-8,11H,9-10H2,(H,20,21). The van der Waals surface area contributed by atoms with Crippen molar-refractivity contribution in [2.75, 3.05) is 4.72 Å². The topological polar surface area (TPSA) is 76.9 Å². The van der Waals surface area contributed by atoms with Crippen LogP contribution in [0.3, 0.4) is 0 Å². The SMILES string of the molecule is O=S(=O)(Cc1ccccc1)Nc1ncn(Cc2c(Cl)cccc2Cl)n1. The van der Waals surface area contributed by atoms with Crippen molar-refractivity contribution in [3.8, 4) is 0 Å². The number of sulfonamides is 1. The maximum atomic E-state index is 12.2. The van der Waals surface area contributed by atoms with Crippen LogP contribution in [-0.2, 0) is 22.3 Å². The Morgan fingerprint density at radius 1 is 1.00 bits per heavy atom. The largest absolute Gasteiger partial charge is 0.255 e. The van der Waals surface area contributed by atoms with Crippen molar-refractivity contribution in [1.29, 1.82) is 0 Å². The lowest BCUT2D eigenvalue weighted by molar-refractivity contribution is 0.599. The van der Waals surface area contributed by atoms with Crippen molar-refractivity contribution in [3.05, 3.63) is 76.0 Å². The van der Waals surface area contributed by atoms with Crippen LogP contribution in [0.2, 0.25) is 10.0 Å². The van der Waals surface area contributed by atoms with Gasteiger partial charge in [0.25, 0.3) is 5.95 Å². The van der Waals surface area contributed by atoms with Crippen molar-refractivity contribution < 1.29 is 8.42 Å². The van der Waals surface area contributed by atoms with Crippen LogP contribution in [0, 0.1) is 0 Å². The van der Waals surface area contributed by atoms with E-state index in [1.165, 1.54) is 11.0 Å². The van der Waals surface area contributed by atoms with Gasteiger partial charge in [-0.2, -0.15) is 4.98 Å². The Morgan fingerprint density at radius 3 is 2.36 bits per heavy atom. The first-order chi connectivity index (χ1) is 11.9. The molecule has 3 rings (SSSR count). The van der Waals surface area contributed by atoms with E-state index in [1.54, 1.807) is 42.5 Å². The van der Waals surface area contributed by atoms with E-state index in [4.69, 9.17) is 23.2 Å². The van der Waals surface area contributed by atoms with Crippen molar-refractivity contribution >= 4 is 39.2 Å². The molecule has 0 bridgehead atoms. The minimum atomic E-state index is -3.60. The molecule has 0 aliphatic rings. The van der Waals surface area contributed by atoms with E-state index >= 15 is 0 Å². The maximum absolute atomic E-state index is 12.2. The summed E-state index contributed by atoms with van der Waals surface area (Å²) >= 11 is 12.3. The molecule has 9 heteroatoms. The molecule has 1 N–H and O–H groups in total. The zero-order valence-corrected chi connectivity index (χ0v) is 15.3. The molecule has 130 valence electrons. The van der Waals surface area contributed by atoms with Crippen molar-refractivity contribution in [2.24, 2.45) is 0 Å². The molecular formula is C16H14Cl2N4O2S. The number of nitrogens with zero attached hydrogens (tertiary/aromatic N) is 3. The van der Waals surface area contributed by atoms with Crippen LogP contribution in [0.1, 0.15) is 11.1 Å². The molecule has 0 saturated carbocycles. The highest BCUT2D eigenvalue weighted by Gasteiger charge is 2.15. The number of anilines is 1. The van der Waals surface area contributed by atoms with Crippen LogP contribution < -0.4 is 4.72 Å². The van der Waals surface area contributed by atoms with Crippen molar-refractivity contribution in [1.82, 2.24) is 14.8 Å². The van der Waals surface area contributed by atoms with Gasteiger partial charge in [-0.15, -0.1) is 5.10 Å². The molecular weight excluding hydrogens is 383 g/mol. The molecule has 2 aromatic carbocycles. The molecule has 0 aliphatic carbocycles. The number of aromatic nitrogens is 3. The van der Waals surface area contributed by atoms with Gasteiger partial charge in [-0.25, -0.2) is 17.8 Å². The van der Waals surface area contributed by atoms with Crippen LogP contribution >= 0.6 is 23.2 Å². The third-order valence-corrected chi connectivity index (χ3v) is 5.28. The highest BCUT2D eigenvalue weighted by molar-refractivity contribution is 7.91. The number of hydrogen-bond donors (Lipinski definition) is 1. The average molecular weight is 397 g/mol. The van der Waals surface area contributed by atoms with E-state index in [0.29, 0.717) is 21.2 Å². The van der Waals surface area contributed by atoms with Gasteiger partial charge in [-0.1, -0.05) is 59.6 Å². The summed E-state index contributed by atoms with van der Waals surface area (Å²) in [6, 6.07) is 14.1. The van der Waals surface area contributed by atoms with Crippen molar-refractivity contribution in [2.45, 2.75) is 12.3 Å². The molecule has 0 unspecified atom stereocenters. The Morgan fingerprint density at radius 2 is 1.68 bits per heavy atom. The number of hydrogen-bond acceptors (Lipinski definition) is 4. The fraction of sp³-hybridized carbons (Fsp3) is 0.125. The van der Waals surface area contributed by atoms with E-state index in [-0.39, 0.29) is 18.2 Å². The fourth-order valence-electron chi connectivity index (χ4n) is 2.23. The maximum Gasteiger partial charge on any atom is 0.255 e. The predicted octanol–water partition coefficient (Wildman–Crippen LogP) is 3.58. The van der Waals surface area contributed by atoms with Gasteiger partial charge in [-0.05, 0) is 17.7 Å². The molecule has 1 aromatic heterocycles. The smallest absolute Gasteiger partial charge is 0.250 e. The molecule has 0 amide bonds. The van der Waals surface area contributed by atoms with Gasteiger partial charge < -0.3 is 0 Å². The van der Waals surface area contributed by atoms with E-state index in [1.807, 2.05) is 6.07 Å². The molecule has 1 heterocycles. The van der Waals surface area contributed by atoms with Crippen molar-refractivity contribution in [3.63, 3.8) is 0 Å². The summed E-state index contributed by atoms with van der Waals surface area (Å²) in [7, 11) is -3.60. The summed E-state index contributed by atoms with van der Waals surface area (Å²) in [5.74, 6) is -0.155. The van der Waals surface area contributed by atoms with Gasteiger partial charge in [0.1, 0.15) is 6.33 Å². The van der Waals surface area contributed by atoms with Crippen LogP contribution in [0.5, 0.6) is 0 Å². The third kappa shape index (κ3) is 4.72. The van der Waals surface area contributed by atoms with Gasteiger partial charge in [0.2, 0.25) is 10.0 Å². The summed E-state index contributed by atoms with van der Waals surface area (Å²) < 4.78 is 28.2. The van der Waals surface area contributed by atoms with Crippen LogP contribution in [0.4, 0.5) is 5.95 Å². The van der Waals surface area contributed by atoms with Gasteiger partial charge >= 0.3 is 0 Å². The predicted molar refractivity (Wildman–Crippen MR) is 98.3 cm³/mol. The lowest BCUT2D eigenvalue weighted by atomic mass is 10.2. The zero-order chi connectivity index (χ0) is 17.9. The normalized spacial score (nSPS) is 11.4. The zero-order valence-electron chi connectivity index (χ0n) is 12.9.